The summed E-state index contributed by atoms with van der Waals surface area (Å²) in [5.74, 6) is 0.941. The van der Waals surface area contributed by atoms with Crippen molar-refractivity contribution >= 4 is 11.8 Å². The molecule has 1 saturated heterocycles. The number of likely N-dealkylation sites (tertiary alicyclic amines) is 1. The molecule has 2 aliphatic rings. The Morgan fingerprint density at radius 3 is 2.75 bits per heavy atom. The molecule has 0 aromatic carbocycles. The minimum atomic E-state index is -0.0262. The van der Waals surface area contributed by atoms with Crippen molar-refractivity contribution in [2.75, 3.05) is 19.6 Å². The number of nitrogens with one attached hydrogen (secondary N) is 1. The van der Waals surface area contributed by atoms with Gasteiger partial charge in [0.15, 0.2) is 0 Å². The summed E-state index contributed by atoms with van der Waals surface area (Å²) >= 11 is 0. The maximum Gasteiger partial charge on any atom is 0.224 e. The number of rotatable bonds is 6. The van der Waals surface area contributed by atoms with Gasteiger partial charge in [-0.15, -0.1) is 0 Å². The Hall–Kier alpha value is -1.10. The summed E-state index contributed by atoms with van der Waals surface area (Å²) in [6, 6.07) is 0.0568. The van der Waals surface area contributed by atoms with Gasteiger partial charge in [0, 0.05) is 32.1 Å². The highest BCUT2D eigenvalue weighted by atomic mass is 16.2. The van der Waals surface area contributed by atoms with E-state index >= 15 is 0 Å². The summed E-state index contributed by atoms with van der Waals surface area (Å²) in [6.45, 7) is 4.09. The highest BCUT2D eigenvalue weighted by molar-refractivity contribution is 5.81. The van der Waals surface area contributed by atoms with Gasteiger partial charge in [-0.05, 0) is 44.9 Å². The number of amides is 2. The molecule has 2 unspecified atom stereocenters. The van der Waals surface area contributed by atoms with Crippen LogP contribution in [0.25, 0.3) is 0 Å². The second kappa shape index (κ2) is 7.07. The molecule has 1 saturated carbocycles. The van der Waals surface area contributed by atoms with Gasteiger partial charge in [-0.3, -0.25) is 9.59 Å². The first-order valence-electron chi connectivity index (χ1n) is 7.87. The summed E-state index contributed by atoms with van der Waals surface area (Å²) in [5, 5.41) is 3.03. The number of carbonyl (C=O) groups is 2. The van der Waals surface area contributed by atoms with Crippen LogP contribution in [0.2, 0.25) is 0 Å². The molecule has 5 heteroatoms. The molecule has 2 fully saturated rings. The van der Waals surface area contributed by atoms with Crippen molar-refractivity contribution < 1.29 is 9.59 Å². The predicted octanol–water partition coefficient (Wildman–Crippen LogP) is 0.879. The van der Waals surface area contributed by atoms with E-state index in [1.807, 2.05) is 11.8 Å². The smallest absolute Gasteiger partial charge is 0.224 e. The van der Waals surface area contributed by atoms with E-state index < -0.39 is 0 Å². The monoisotopic (exact) mass is 281 g/mol. The van der Waals surface area contributed by atoms with Crippen LogP contribution in [0.15, 0.2) is 0 Å². The zero-order valence-electron chi connectivity index (χ0n) is 12.4. The van der Waals surface area contributed by atoms with Gasteiger partial charge >= 0.3 is 0 Å². The minimum absolute atomic E-state index is 0.0262. The molecule has 2 amide bonds. The summed E-state index contributed by atoms with van der Waals surface area (Å²) < 4.78 is 0. The van der Waals surface area contributed by atoms with Crippen molar-refractivity contribution in [1.29, 1.82) is 0 Å². The van der Waals surface area contributed by atoms with Crippen LogP contribution in [-0.4, -0.2) is 42.4 Å². The molecule has 1 aliphatic carbocycles. The molecule has 0 aromatic heterocycles. The first-order chi connectivity index (χ1) is 9.56. The van der Waals surface area contributed by atoms with Gasteiger partial charge in [-0.2, -0.15) is 0 Å². The topological polar surface area (TPSA) is 75.4 Å². The summed E-state index contributed by atoms with van der Waals surface area (Å²) in [5.41, 5.74) is 5.68. The van der Waals surface area contributed by atoms with Gasteiger partial charge in [0.25, 0.3) is 0 Å². The Labute approximate surface area is 121 Å². The van der Waals surface area contributed by atoms with E-state index in [2.05, 4.69) is 5.32 Å². The summed E-state index contributed by atoms with van der Waals surface area (Å²) in [6.07, 6.45) is 5.51. The average molecular weight is 281 g/mol. The first-order valence-corrected chi connectivity index (χ1v) is 7.87. The number of hydrogen-bond donors (Lipinski definition) is 2. The van der Waals surface area contributed by atoms with E-state index in [0.29, 0.717) is 25.3 Å². The van der Waals surface area contributed by atoms with Crippen LogP contribution in [0.5, 0.6) is 0 Å². The lowest BCUT2D eigenvalue weighted by Gasteiger charge is -2.32. The molecule has 1 heterocycles. The van der Waals surface area contributed by atoms with Crippen molar-refractivity contribution in [3.8, 4) is 0 Å². The van der Waals surface area contributed by atoms with Crippen LogP contribution in [0.1, 0.15) is 45.4 Å². The van der Waals surface area contributed by atoms with Gasteiger partial charge in [-0.25, -0.2) is 0 Å². The zero-order valence-corrected chi connectivity index (χ0v) is 12.4. The molecule has 114 valence electrons. The Bertz CT molecular complexity index is 329. The Morgan fingerprint density at radius 1 is 1.35 bits per heavy atom. The van der Waals surface area contributed by atoms with E-state index in [9.17, 15) is 9.59 Å². The molecule has 2 rings (SSSR count). The Kier molecular flexibility index (Phi) is 5.40. The second-order valence-corrected chi connectivity index (χ2v) is 6.38. The molecule has 0 spiro atoms. The largest absolute Gasteiger partial charge is 0.356 e. The Balaban J connectivity index is 1.74. The molecule has 0 aromatic rings. The van der Waals surface area contributed by atoms with Crippen LogP contribution in [0.3, 0.4) is 0 Å². The van der Waals surface area contributed by atoms with Crippen molar-refractivity contribution in [1.82, 2.24) is 10.2 Å². The zero-order chi connectivity index (χ0) is 14.5. The van der Waals surface area contributed by atoms with Crippen molar-refractivity contribution in [2.24, 2.45) is 17.6 Å². The van der Waals surface area contributed by atoms with Crippen molar-refractivity contribution in [3.05, 3.63) is 0 Å². The van der Waals surface area contributed by atoms with E-state index in [0.717, 1.165) is 25.9 Å². The molecule has 0 radical (unpaired) electrons. The second-order valence-electron chi connectivity index (χ2n) is 6.38. The molecular weight excluding hydrogens is 254 g/mol. The van der Waals surface area contributed by atoms with Gasteiger partial charge in [0.1, 0.15) is 0 Å². The predicted molar refractivity (Wildman–Crippen MR) is 77.9 cm³/mol. The number of carbonyl (C=O) groups excluding carboxylic acids is 2. The van der Waals surface area contributed by atoms with E-state index in [1.165, 1.54) is 12.8 Å². The molecule has 2 atom stereocenters. The van der Waals surface area contributed by atoms with Gasteiger partial charge in [0.2, 0.25) is 11.8 Å². The average Bonchev–Trinajstić information content (AvgIpc) is 3.26. The van der Waals surface area contributed by atoms with E-state index in [4.69, 9.17) is 5.73 Å². The maximum atomic E-state index is 12.1. The number of nitrogens with zero attached hydrogens (tertiary/aromatic N) is 1. The molecule has 5 nitrogen and oxygen atoms in total. The fourth-order valence-electron chi connectivity index (χ4n) is 2.64. The van der Waals surface area contributed by atoms with Crippen molar-refractivity contribution in [3.63, 3.8) is 0 Å². The highest BCUT2D eigenvalue weighted by Gasteiger charge is 2.29. The minimum Gasteiger partial charge on any atom is -0.356 e. The van der Waals surface area contributed by atoms with Crippen LogP contribution in [0.4, 0.5) is 0 Å². The lowest BCUT2D eigenvalue weighted by atomic mass is 9.96. The van der Waals surface area contributed by atoms with Crippen LogP contribution in [0, 0.1) is 11.8 Å². The van der Waals surface area contributed by atoms with Crippen LogP contribution >= 0.6 is 0 Å². The molecule has 3 N–H and O–H groups in total. The summed E-state index contributed by atoms with van der Waals surface area (Å²) in [7, 11) is 0. The number of piperidine rings is 1. The highest BCUT2D eigenvalue weighted by Crippen LogP contribution is 2.28. The first kappa shape index (κ1) is 15.3. The quantitative estimate of drug-likeness (QED) is 0.759. The van der Waals surface area contributed by atoms with Crippen LogP contribution in [-0.2, 0) is 9.59 Å². The van der Waals surface area contributed by atoms with E-state index in [1.54, 1.807) is 0 Å². The standard InChI is InChI=1S/C15H27N3O2/c1-11(16)4-7-14(19)18-8-2-3-13(10-18)15(20)17-9-12-5-6-12/h11-13H,2-10,16H2,1H3,(H,17,20). The summed E-state index contributed by atoms with van der Waals surface area (Å²) in [4.78, 5) is 26.0. The van der Waals surface area contributed by atoms with Gasteiger partial charge in [-0.1, -0.05) is 0 Å². The van der Waals surface area contributed by atoms with E-state index in [-0.39, 0.29) is 23.8 Å². The molecular formula is C15H27N3O2. The molecule has 20 heavy (non-hydrogen) atoms. The Morgan fingerprint density at radius 2 is 2.10 bits per heavy atom. The van der Waals surface area contributed by atoms with Crippen molar-refractivity contribution in [2.45, 2.75) is 51.5 Å². The molecule has 1 aliphatic heterocycles. The maximum absolute atomic E-state index is 12.1. The normalized spacial score (nSPS) is 24.3. The molecule has 0 bridgehead atoms. The third-order valence-electron chi connectivity index (χ3n) is 4.22. The lowest BCUT2D eigenvalue weighted by molar-refractivity contribution is -0.135. The van der Waals surface area contributed by atoms with Crippen LogP contribution < -0.4 is 11.1 Å². The third kappa shape index (κ3) is 4.78. The van der Waals surface area contributed by atoms with Gasteiger partial charge < -0.3 is 16.0 Å². The fraction of sp³-hybridized carbons (Fsp3) is 0.867. The fourth-order valence-corrected chi connectivity index (χ4v) is 2.64. The number of hydrogen-bond acceptors (Lipinski definition) is 3. The SMILES string of the molecule is CC(N)CCC(=O)N1CCCC(C(=O)NCC2CC2)C1. The van der Waals surface area contributed by atoms with Gasteiger partial charge in [0.05, 0.1) is 5.92 Å². The third-order valence-corrected chi connectivity index (χ3v) is 4.22. The number of nitrogens with two attached hydrogens (primary N) is 1. The lowest BCUT2D eigenvalue weighted by Crippen LogP contribution is -2.45.